The van der Waals surface area contributed by atoms with Gasteiger partial charge in [-0.25, -0.2) is 4.79 Å². The molecule has 3 N–H and O–H groups in total. The van der Waals surface area contributed by atoms with Crippen molar-refractivity contribution < 1.29 is 19.5 Å². The van der Waals surface area contributed by atoms with Crippen LogP contribution in [0.3, 0.4) is 0 Å². The third kappa shape index (κ3) is 7.71. The topological polar surface area (TPSA) is 95.5 Å². The molecular weight excluding hydrogens is 268 g/mol. The Morgan fingerprint density at radius 3 is 2.47 bits per heavy atom. The summed E-state index contributed by atoms with van der Waals surface area (Å²) < 4.78 is 0. The van der Waals surface area contributed by atoms with Crippen LogP contribution in [0, 0.1) is 0 Å². The molecule has 0 unspecified atom stereocenters. The summed E-state index contributed by atoms with van der Waals surface area (Å²) in [4.78, 5) is 33.2. The van der Waals surface area contributed by atoms with E-state index < -0.39 is 12.0 Å². The van der Waals surface area contributed by atoms with E-state index in [1.807, 2.05) is 0 Å². The fraction of sp³-hybridized carbons (Fsp3) is 0.750. The van der Waals surface area contributed by atoms with Crippen LogP contribution in [0.15, 0.2) is 0 Å². The van der Waals surface area contributed by atoms with Gasteiger partial charge in [0.1, 0.15) is 0 Å². The highest BCUT2D eigenvalue weighted by atomic mass is 32.2. The minimum Gasteiger partial charge on any atom is -0.481 e. The van der Waals surface area contributed by atoms with Gasteiger partial charge in [0, 0.05) is 11.8 Å². The highest BCUT2D eigenvalue weighted by Crippen LogP contribution is 2.17. The first-order chi connectivity index (χ1) is 9.08. The van der Waals surface area contributed by atoms with Crippen LogP contribution in [0.2, 0.25) is 0 Å². The van der Waals surface area contributed by atoms with Gasteiger partial charge in [0.25, 0.3) is 0 Å². The summed E-state index contributed by atoms with van der Waals surface area (Å²) in [6.45, 7) is 0. The van der Waals surface area contributed by atoms with Gasteiger partial charge in [0.05, 0.1) is 12.2 Å². The van der Waals surface area contributed by atoms with E-state index in [2.05, 4.69) is 10.6 Å². The number of carboxylic acid groups (broad SMARTS) is 1. The van der Waals surface area contributed by atoms with Gasteiger partial charge in [-0.1, -0.05) is 19.3 Å². The predicted molar refractivity (Wildman–Crippen MR) is 73.1 cm³/mol. The van der Waals surface area contributed by atoms with Crippen molar-refractivity contribution in [3.05, 3.63) is 0 Å². The van der Waals surface area contributed by atoms with Gasteiger partial charge in [-0.15, -0.1) is 0 Å². The smallest absolute Gasteiger partial charge is 0.321 e. The SMILES string of the molecule is O=C(O)CCSCC(=O)NC(=O)NC1CCCCC1. The first-order valence-corrected chi connectivity index (χ1v) is 7.63. The van der Waals surface area contributed by atoms with Crippen LogP contribution in [-0.4, -0.2) is 40.6 Å². The lowest BCUT2D eigenvalue weighted by atomic mass is 9.96. The van der Waals surface area contributed by atoms with E-state index in [1.165, 1.54) is 18.2 Å². The van der Waals surface area contributed by atoms with Crippen LogP contribution in [0.5, 0.6) is 0 Å². The van der Waals surface area contributed by atoms with Crippen molar-refractivity contribution in [3.63, 3.8) is 0 Å². The Bertz CT molecular complexity index is 330. The summed E-state index contributed by atoms with van der Waals surface area (Å²) in [5, 5.41) is 13.5. The summed E-state index contributed by atoms with van der Waals surface area (Å²) >= 11 is 1.20. The number of rotatable bonds is 6. The molecule has 1 aliphatic carbocycles. The zero-order valence-corrected chi connectivity index (χ0v) is 11.6. The zero-order chi connectivity index (χ0) is 14.1. The number of amides is 3. The molecule has 0 aliphatic heterocycles. The molecule has 0 aromatic carbocycles. The quantitative estimate of drug-likeness (QED) is 0.641. The van der Waals surface area contributed by atoms with E-state index in [-0.39, 0.29) is 24.1 Å². The molecule has 0 bridgehead atoms. The van der Waals surface area contributed by atoms with Crippen molar-refractivity contribution in [2.75, 3.05) is 11.5 Å². The number of imide groups is 1. The highest BCUT2D eigenvalue weighted by molar-refractivity contribution is 7.99. The normalized spacial score (nSPS) is 15.8. The fourth-order valence-electron chi connectivity index (χ4n) is 1.96. The molecule has 0 aromatic rings. The molecule has 0 saturated heterocycles. The number of carbonyl (C=O) groups excluding carboxylic acids is 2. The molecule has 1 rings (SSSR count). The van der Waals surface area contributed by atoms with E-state index in [4.69, 9.17) is 5.11 Å². The number of nitrogens with one attached hydrogen (secondary N) is 2. The number of urea groups is 1. The maximum atomic E-state index is 11.5. The maximum Gasteiger partial charge on any atom is 0.321 e. The third-order valence-corrected chi connectivity index (χ3v) is 3.85. The van der Waals surface area contributed by atoms with Gasteiger partial charge in [-0.2, -0.15) is 11.8 Å². The van der Waals surface area contributed by atoms with Gasteiger partial charge in [0.2, 0.25) is 5.91 Å². The molecule has 7 heteroatoms. The molecule has 0 radical (unpaired) electrons. The number of aliphatic carboxylic acids is 1. The minimum atomic E-state index is -0.886. The maximum absolute atomic E-state index is 11.5. The Kier molecular flexibility index (Phi) is 7.32. The van der Waals surface area contributed by atoms with Crippen LogP contribution in [0.25, 0.3) is 0 Å². The molecule has 0 aromatic heterocycles. The zero-order valence-electron chi connectivity index (χ0n) is 10.8. The summed E-state index contributed by atoms with van der Waals surface area (Å²) in [6.07, 6.45) is 5.39. The lowest BCUT2D eigenvalue weighted by molar-refractivity contribution is -0.136. The largest absolute Gasteiger partial charge is 0.481 e. The number of hydrogen-bond donors (Lipinski definition) is 3. The molecule has 1 fully saturated rings. The second kappa shape index (κ2) is 8.79. The number of hydrogen-bond acceptors (Lipinski definition) is 4. The number of carboxylic acids is 1. The number of carbonyl (C=O) groups is 3. The lowest BCUT2D eigenvalue weighted by Crippen LogP contribution is -2.45. The first-order valence-electron chi connectivity index (χ1n) is 6.48. The Hall–Kier alpha value is -1.24. The molecular formula is C12H20N2O4S. The van der Waals surface area contributed by atoms with Crippen molar-refractivity contribution >= 4 is 29.7 Å². The van der Waals surface area contributed by atoms with Gasteiger partial charge in [-0.05, 0) is 12.8 Å². The van der Waals surface area contributed by atoms with E-state index >= 15 is 0 Å². The van der Waals surface area contributed by atoms with Crippen LogP contribution in [0.1, 0.15) is 38.5 Å². The molecule has 6 nitrogen and oxygen atoms in total. The molecule has 0 spiro atoms. The number of thioether (sulfide) groups is 1. The Balaban J connectivity index is 2.09. The fourth-order valence-corrected chi connectivity index (χ4v) is 2.68. The van der Waals surface area contributed by atoms with E-state index in [0.717, 1.165) is 25.7 Å². The summed E-state index contributed by atoms with van der Waals surface area (Å²) in [5.41, 5.74) is 0. The summed E-state index contributed by atoms with van der Waals surface area (Å²) in [5.74, 6) is -0.801. The summed E-state index contributed by atoms with van der Waals surface area (Å²) in [6, 6.07) is -0.281. The average molecular weight is 288 g/mol. The van der Waals surface area contributed by atoms with Gasteiger partial charge >= 0.3 is 12.0 Å². The molecule has 1 saturated carbocycles. The second-order valence-corrected chi connectivity index (χ2v) is 5.66. The van der Waals surface area contributed by atoms with Crippen molar-refractivity contribution in [1.82, 2.24) is 10.6 Å². The summed E-state index contributed by atoms with van der Waals surface area (Å²) in [7, 11) is 0. The van der Waals surface area contributed by atoms with Crippen LogP contribution < -0.4 is 10.6 Å². The van der Waals surface area contributed by atoms with Crippen LogP contribution in [0.4, 0.5) is 4.79 Å². The van der Waals surface area contributed by atoms with Crippen LogP contribution >= 0.6 is 11.8 Å². The molecule has 3 amide bonds. The highest BCUT2D eigenvalue weighted by Gasteiger charge is 2.16. The first kappa shape index (κ1) is 15.8. The lowest BCUT2D eigenvalue weighted by Gasteiger charge is -2.22. The second-order valence-electron chi connectivity index (χ2n) is 4.55. The average Bonchev–Trinajstić information content (AvgIpc) is 2.35. The third-order valence-electron chi connectivity index (χ3n) is 2.89. The van der Waals surface area contributed by atoms with Gasteiger partial charge in [0.15, 0.2) is 0 Å². The van der Waals surface area contributed by atoms with Crippen molar-refractivity contribution in [1.29, 1.82) is 0 Å². The predicted octanol–water partition coefficient (Wildman–Crippen LogP) is 1.35. The minimum absolute atomic E-state index is 0.0201. The Labute approximate surface area is 116 Å². The van der Waals surface area contributed by atoms with Crippen molar-refractivity contribution in [3.8, 4) is 0 Å². The van der Waals surface area contributed by atoms with Crippen molar-refractivity contribution in [2.45, 2.75) is 44.6 Å². The molecule has 19 heavy (non-hydrogen) atoms. The molecule has 0 heterocycles. The van der Waals surface area contributed by atoms with Crippen molar-refractivity contribution in [2.24, 2.45) is 0 Å². The Morgan fingerprint density at radius 2 is 1.84 bits per heavy atom. The van der Waals surface area contributed by atoms with Crippen LogP contribution in [-0.2, 0) is 9.59 Å². The van der Waals surface area contributed by atoms with E-state index in [1.54, 1.807) is 0 Å². The van der Waals surface area contributed by atoms with Gasteiger partial charge < -0.3 is 10.4 Å². The molecule has 0 atom stereocenters. The van der Waals surface area contributed by atoms with E-state index in [0.29, 0.717) is 5.75 Å². The van der Waals surface area contributed by atoms with E-state index in [9.17, 15) is 14.4 Å². The van der Waals surface area contributed by atoms with Gasteiger partial charge in [-0.3, -0.25) is 14.9 Å². The molecule has 108 valence electrons. The monoisotopic (exact) mass is 288 g/mol. The Morgan fingerprint density at radius 1 is 1.16 bits per heavy atom. The standard InChI is InChI=1S/C12H20N2O4S/c15-10(8-19-7-6-11(16)17)14-12(18)13-9-4-2-1-3-5-9/h9H,1-8H2,(H,16,17)(H2,13,14,15,18). The molecule has 1 aliphatic rings.